The van der Waals surface area contributed by atoms with E-state index in [1.807, 2.05) is 6.07 Å². The van der Waals surface area contributed by atoms with Gasteiger partial charge in [-0.2, -0.15) is 5.26 Å². The molecule has 0 aliphatic rings. The molecule has 0 saturated heterocycles. The SMILES string of the molecule is N#CCc1cnc(Cl)c(C(F)F)c1CBr. The van der Waals surface area contributed by atoms with Crippen molar-refractivity contribution in [3.63, 3.8) is 0 Å². The number of hydrogen-bond acceptors (Lipinski definition) is 2. The molecule has 0 N–H and O–H groups in total. The zero-order valence-corrected chi connectivity index (χ0v) is 9.82. The molecule has 0 saturated carbocycles. The summed E-state index contributed by atoms with van der Waals surface area (Å²) in [6.45, 7) is 0. The van der Waals surface area contributed by atoms with E-state index < -0.39 is 6.43 Å². The second kappa shape index (κ2) is 5.38. The Labute approximate surface area is 99.0 Å². The maximum absolute atomic E-state index is 12.7. The van der Waals surface area contributed by atoms with Crippen molar-refractivity contribution in [2.75, 3.05) is 0 Å². The molecule has 0 radical (unpaired) electrons. The van der Waals surface area contributed by atoms with E-state index in [1.165, 1.54) is 6.20 Å². The lowest BCUT2D eigenvalue weighted by atomic mass is 10.0. The van der Waals surface area contributed by atoms with Crippen LogP contribution in [0.25, 0.3) is 0 Å². The lowest BCUT2D eigenvalue weighted by Gasteiger charge is -2.11. The Kier molecular flexibility index (Phi) is 4.43. The standard InChI is InChI=1S/C9H6BrClF2N2/c10-3-6-5(1-2-14)4-15-8(11)7(6)9(12)13/h4,9H,1,3H2. The predicted molar refractivity (Wildman–Crippen MR) is 56.2 cm³/mol. The molecular weight excluding hydrogens is 289 g/mol. The second-order valence-corrected chi connectivity index (χ2v) is 3.65. The van der Waals surface area contributed by atoms with Crippen molar-refractivity contribution in [3.8, 4) is 6.07 Å². The van der Waals surface area contributed by atoms with Crippen molar-refractivity contribution in [1.29, 1.82) is 5.26 Å². The van der Waals surface area contributed by atoms with Gasteiger partial charge in [0, 0.05) is 11.5 Å². The van der Waals surface area contributed by atoms with Crippen LogP contribution in [-0.2, 0) is 11.8 Å². The van der Waals surface area contributed by atoms with Gasteiger partial charge in [-0.3, -0.25) is 0 Å². The van der Waals surface area contributed by atoms with Crippen molar-refractivity contribution in [1.82, 2.24) is 4.98 Å². The molecule has 15 heavy (non-hydrogen) atoms. The first-order valence-electron chi connectivity index (χ1n) is 3.99. The number of rotatable bonds is 3. The molecule has 1 heterocycles. The fraction of sp³-hybridized carbons (Fsp3) is 0.333. The smallest absolute Gasteiger partial charge is 0.244 e. The van der Waals surface area contributed by atoms with Gasteiger partial charge in [0.15, 0.2) is 0 Å². The predicted octanol–water partition coefficient (Wildman–Crippen LogP) is 3.63. The Morgan fingerprint density at radius 2 is 2.27 bits per heavy atom. The molecule has 0 bridgehead atoms. The van der Waals surface area contributed by atoms with Crippen molar-refractivity contribution < 1.29 is 8.78 Å². The Morgan fingerprint density at radius 1 is 1.60 bits per heavy atom. The van der Waals surface area contributed by atoms with Gasteiger partial charge in [-0.15, -0.1) is 0 Å². The molecule has 1 aromatic heterocycles. The van der Waals surface area contributed by atoms with E-state index >= 15 is 0 Å². The number of nitriles is 1. The molecule has 0 atom stereocenters. The van der Waals surface area contributed by atoms with Crippen LogP contribution in [0.5, 0.6) is 0 Å². The summed E-state index contributed by atoms with van der Waals surface area (Å²) in [6, 6.07) is 1.90. The summed E-state index contributed by atoms with van der Waals surface area (Å²) in [4.78, 5) is 3.64. The topological polar surface area (TPSA) is 36.7 Å². The molecule has 0 unspecified atom stereocenters. The van der Waals surface area contributed by atoms with Crippen LogP contribution in [0.3, 0.4) is 0 Å². The first kappa shape index (κ1) is 12.3. The number of aromatic nitrogens is 1. The van der Waals surface area contributed by atoms with Crippen molar-refractivity contribution in [3.05, 3.63) is 28.0 Å². The zero-order valence-electron chi connectivity index (χ0n) is 7.48. The van der Waals surface area contributed by atoms with Crippen LogP contribution in [0.1, 0.15) is 23.1 Å². The summed E-state index contributed by atoms with van der Waals surface area (Å²) in [5.74, 6) is 0. The van der Waals surface area contributed by atoms with Crippen LogP contribution < -0.4 is 0 Å². The second-order valence-electron chi connectivity index (χ2n) is 2.74. The fourth-order valence-electron chi connectivity index (χ4n) is 1.20. The molecule has 0 aliphatic carbocycles. The molecule has 0 spiro atoms. The van der Waals surface area contributed by atoms with Crippen molar-refractivity contribution in [2.24, 2.45) is 0 Å². The van der Waals surface area contributed by atoms with E-state index in [1.54, 1.807) is 0 Å². The number of nitrogens with zero attached hydrogens (tertiary/aromatic N) is 2. The van der Waals surface area contributed by atoms with E-state index in [4.69, 9.17) is 16.9 Å². The van der Waals surface area contributed by atoms with Gasteiger partial charge in [0.2, 0.25) is 0 Å². The van der Waals surface area contributed by atoms with Crippen LogP contribution in [0.15, 0.2) is 6.20 Å². The summed E-state index contributed by atoms with van der Waals surface area (Å²) in [5, 5.41) is 8.55. The van der Waals surface area contributed by atoms with E-state index in [0.29, 0.717) is 11.1 Å². The summed E-state index contributed by atoms with van der Waals surface area (Å²) < 4.78 is 25.3. The summed E-state index contributed by atoms with van der Waals surface area (Å²) >= 11 is 8.68. The first-order chi connectivity index (χ1) is 7.11. The number of pyridine rings is 1. The maximum atomic E-state index is 12.7. The van der Waals surface area contributed by atoms with Crippen molar-refractivity contribution in [2.45, 2.75) is 18.2 Å². The highest BCUT2D eigenvalue weighted by Gasteiger charge is 2.20. The van der Waals surface area contributed by atoms with E-state index in [-0.39, 0.29) is 22.5 Å². The third-order valence-electron chi connectivity index (χ3n) is 1.89. The Morgan fingerprint density at radius 3 is 2.73 bits per heavy atom. The highest BCUT2D eigenvalue weighted by Crippen LogP contribution is 2.32. The average Bonchev–Trinajstić information content (AvgIpc) is 2.19. The molecular formula is C9H6BrClF2N2. The summed E-state index contributed by atoms with van der Waals surface area (Å²) in [5.41, 5.74) is 0.543. The van der Waals surface area contributed by atoms with Crippen LogP contribution in [0, 0.1) is 11.3 Å². The molecule has 1 aromatic rings. The average molecular weight is 296 g/mol. The minimum absolute atomic E-state index is 0.0465. The Bertz CT molecular complexity index is 404. The van der Waals surface area contributed by atoms with Crippen LogP contribution in [-0.4, -0.2) is 4.98 Å². The van der Waals surface area contributed by atoms with Gasteiger partial charge >= 0.3 is 0 Å². The van der Waals surface area contributed by atoms with Gasteiger partial charge in [0.05, 0.1) is 18.1 Å². The third-order valence-corrected chi connectivity index (χ3v) is 2.75. The van der Waals surface area contributed by atoms with Gasteiger partial charge in [0.25, 0.3) is 6.43 Å². The highest BCUT2D eigenvalue weighted by molar-refractivity contribution is 9.08. The van der Waals surface area contributed by atoms with E-state index in [0.717, 1.165) is 0 Å². The monoisotopic (exact) mass is 294 g/mol. The normalized spacial score (nSPS) is 10.4. The van der Waals surface area contributed by atoms with Gasteiger partial charge < -0.3 is 0 Å². The van der Waals surface area contributed by atoms with Gasteiger partial charge in [-0.05, 0) is 11.1 Å². The van der Waals surface area contributed by atoms with Gasteiger partial charge in [-0.1, -0.05) is 27.5 Å². The molecule has 6 heteroatoms. The van der Waals surface area contributed by atoms with Crippen LogP contribution in [0.4, 0.5) is 8.78 Å². The van der Waals surface area contributed by atoms with E-state index in [2.05, 4.69) is 20.9 Å². The maximum Gasteiger partial charge on any atom is 0.267 e. The molecule has 0 fully saturated rings. The molecule has 2 nitrogen and oxygen atoms in total. The Hall–Kier alpha value is -0.730. The molecule has 1 rings (SSSR count). The zero-order chi connectivity index (χ0) is 11.4. The van der Waals surface area contributed by atoms with Gasteiger partial charge in [-0.25, -0.2) is 13.8 Å². The summed E-state index contributed by atoms with van der Waals surface area (Å²) in [7, 11) is 0. The highest BCUT2D eigenvalue weighted by atomic mass is 79.9. The number of alkyl halides is 3. The molecule has 0 amide bonds. The number of halogens is 4. The summed E-state index contributed by atoms with van der Waals surface area (Å²) in [6.07, 6.45) is -1.28. The fourth-order valence-corrected chi connectivity index (χ4v) is 2.10. The molecule has 80 valence electrons. The largest absolute Gasteiger partial charge is 0.267 e. The Balaban J connectivity index is 3.34. The molecule has 0 aliphatic heterocycles. The van der Waals surface area contributed by atoms with E-state index in [9.17, 15) is 8.78 Å². The van der Waals surface area contributed by atoms with Crippen molar-refractivity contribution >= 4 is 27.5 Å². The van der Waals surface area contributed by atoms with Crippen LogP contribution >= 0.6 is 27.5 Å². The quantitative estimate of drug-likeness (QED) is 0.630. The first-order valence-corrected chi connectivity index (χ1v) is 5.49. The number of hydrogen-bond donors (Lipinski definition) is 0. The van der Waals surface area contributed by atoms with Crippen LogP contribution in [0.2, 0.25) is 5.15 Å². The lowest BCUT2D eigenvalue weighted by molar-refractivity contribution is 0.150. The lowest BCUT2D eigenvalue weighted by Crippen LogP contribution is -2.01. The molecule has 0 aromatic carbocycles. The van der Waals surface area contributed by atoms with Gasteiger partial charge in [0.1, 0.15) is 5.15 Å². The minimum atomic E-state index is -2.68. The minimum Gasteiger partial charge on any atom is -0.244 e. The third kappa shape index (κ3) is 2.64.